The Kier molecular flexibility index (Phi) is 5.43. The molecule has 6 N–H and O–H groups in total. The van der Waals surface area contributed by atoms with Crippen LogP contribution in [0, 0.1) is 0 Å². The number of carbonyl (C=O) groups excluding carboxylic acids is 1. The van der Waals surface area contributed by atoms with E-state index in [9.17, 15) is 13.2 Å². The first-order chi connectivity index (χ1) is 7.24. The lowest BCUT2D eigenvalue weighted by molar-refractivity contribution is 0.0601. The van der Waals surface area contributed by atoms with Gasteiger partial charge in [0, 0.05) is 5.69 Å². The number of esters is 1. The zero-order valence-electron chi connectivity index (χ0n) is 8.58. The van der Waals surface area contributed by atoms with Gasteiger partial charge in [0.05, 0.1) is 12.7 Å². The number of nitrogens with two attached hydrogens (primary N) is 3. The molecule has 0 bridgehead atoms. The van der Waals surface area contributed by atoms with E-state index in [0.717, 1.165) is 0 Å². The van der Waals surface area contributed by atoms with Gasteiger partial charge in [-0.25, -0.2) is 15.1 Å². The minimum atomic E-state index is -3.67. The molecule has 0 fully saturated rings. The van der Waals surface area contributed by atoms with Crippen LogP contribution in [0.4, 0.5) is 5.69 Å². The van der Waals surface area contributed by atoms with Crippen LogP contribution in [0.3, 0.4) is 0 Å². The average molecular weight is 247 g/mol. The summed E-state index contributed by atoms with van der Waals surface area (Å²) in [6.45, 7) is 0. The lowest BCUT2D eigenvalue weighted by atomic mass is 10.2. The molecule has 90 valence electrons. The number of hydrogen-bond donors (Lipinski definition) is 3. The highest BCUT2D eigenvalue weighted by Gasteiger charge is 2.02. The molecule has 0 aliphatic rings. The van der Waals surface area contributed by atoms with E-state index in [0.29, 0.717) is 11.3 Å². The Labute approximate surface area is 93.4 Å². The van der Waals surface area contributed by atoms with Crippen molar-refractivity contribution in [1.29, 1.82) is 0 Å². The first kappa shape index (κ1) is 14.4. The SMILES string of the molecule is COC(=O)c1ccc(N)cc1.NS(N)(=O)=O. The number of hydrogen-bond acceptors (Lipinski definition) is 5. The van der Waals surface area contributed by atoms with Gasteiger partial charge in [0.25, 0.3) is 10.2 Å². The average Bonchev–Trinajstić information content (AvgIpc) is 2.15. The van der Waals surface area contributed by atoms with Gasteiger partial charge in [-0.05, 0) is 24.3 Å². The molecule has 1 aromatic rings. The molecule has 0 aliphatic heterocycles. The molecule has 0 saturated heterocycles. The van der Waals surface area contributed by atoms with E-state index >= 15 is 0 Å². The van der Waals surface area contributed by atoms with Crippen molar-refractivity contribution < 1.29 is 17.9 Å². The first-order valence-corrected chi connectivity index (χ1v) is 5.59. The topological polar surface area (TPSA) is 138 Å². The predicted molar refractivity (Wildman–Crippen MR) is 59.5 cm³/mol. The number of benzene rings is 1. The number of rotatable bonds is 1. The summed E-state index contributed by atoms with van der Waals surface area (Å²) in [4.78, 5) is 10.9. The van der Waals surface area contributed by atoms with Crippen molar-refractivity contribution in [2.45, 2.75) is 0 Å². The van der Waals surface area contributed by atoms with Gasteiger partial charge >= 0.3 is 5.97 Å². The van der Waals surface area contributed by atoms with Gasteiger partial charge in [0.2, 0.25) is 0 Å². The summed E-state index contributed by atoms with van der Waals surface area (Å²) in [7, 11) is -2.32. The predicted octanol–water partition coefficient (Wildman–Crippen LogP) is -0.796. The third-order valence-corrected chi connectivity index (χ3v) is 1.33. The molecule has 0 unspecified atom stereocenters. The molecule has 0 aromatic heterocycles. The Balaban J connectivity index is 0.000000385. The van der Waals surface area contributed by atoms with Crippen molar-refractivity contribution in [3.63, 3.8) is 0 Å². The van der Waals surface area contributed by atoms with E-state index < -0.39 is 10.2 Å². The zero-order chi connectivity index (χ0) is 12.8. The lowest BCUT2D eigenvalue weighted by Gasteiger charge is -1.97. The quantitative estimate of drug-likeness (QED) is 0.440. The lowest BCUT2D eigenvalue weighted by Crippen LogP contribution is -2.21. The molecular weight excluding hydrogens is 234 g/mol. The van der Waals surface area contributed by atoms with Crippen LogP contribution in [0.15, 0.2) is 24.3 Å². The number of nitrogen functional groups attached to an aromatic ring is 1. The van der Waals surface area contributed by atoms with Crippen molar-refractivity contribution >= 4 is 21.9 Å². The summed E-state index contributed by atoms with van der Waals surface area (Å²) in [5.74, 6) is -0.343. The van der Waals surface area contributed by atoms with Crippen LogP contribution in [-0.2, 0) is 14.9 Å². The van der Waals surface area contributed by atoms with Gasteiger partial charge in [-0.15, -0.1) is 0 Å². The standard InChI is InChI=1S/C8H9NO2.H4N2O2S/c1-11-8(10)6-2-4-7(9)5-3-6;1-5(2,3)4/h2-5H,9H2,1H3;(H4,1,2,3,4). The zero-order valence-corrected chi connectivity index (χ0v) is 9.40. The maximum Gasteiger partial charge on any atom is 0.337 e. The maximum atomic E-state index is 10.9. The van der Waals surface area contributed by atoms with Crippen LogP contribution in [0.5, 0.6) is 0 Å². The summed E-state index contributed by atoms with van der Waals surface area (Å²) in [6, 6.07) is 6.57. The Morgan fingerprint density at radius 3 is 1.88 bits per heavy atom. The third kappa shape index (κ3) is 7.74. The molecule has 0 atom stereocenters. The summed E-state index contributed by atoms with van der Waals surface area (Å²) < 4.78 is 22.9. The van der Waals surface area contributed by atoms with Crippen molar-refractivity contribution in [3.8, 4) is 0 Å². The molecule has 1 aromatic carbocycles. The fraction of sp³-hybridized carbons (Fsp3) is 0.125. The van der Waals surface area contributed by atoms with Crippen LogP contribution in [0.1, 0.15) is 10.4 Å². The molecule has 0 saturated carbocycles. The van der Waals surface area contributed by atoms with Crippen LogP contribution in [-0.4, -0.2) is 21.5 Å². The van der Waals surface area contributed by atoms with E-state index in [1.165, 1.54) is 7.11 Å². The van der Waals surface area contributed by atoms with Gasteiger partial charge in [-0.1, -0.05) is 0 Å². The molecular formula is C8H13N3O4S. The number of carbonyl (C=O) groups is 1. The largest absolute Gasteiger partial charge is 0.465 e. The normalized spacial score (nSPS) is 9.94. The van der Waals surface area contributed by atoms with Crippen molar-refractivity contribution in [2.24, 2.45) is 10.3 Å². The monoisotopic (exact) mass is 247 g/mol. The fourth-order valence-electron chi connectivity index (χ4n) is 0.737. The molecule has 1 rings (SSSR count). The highest BCUT2D eigenvalue weighted by atomic mass is 32.2. The minimum Gasteiger partial charge on any atom is -0.465 e. The van der Waals surface area contributed by atoms with E-state index in [-0.39, 0.29) is 5.97 Å². The summed E-state index contributed by atoms with van der Waals surface area (Å²) in [6.07, 6.45) is 0. The molecule has 0 heterocycles. The second kappa shape index (κ2) is 6.05. The highest BCUT2D eigenvalue weighted by Crippen LogP contribution is 2.05. The summed E-state index contributed by atoms with van der Waals surface area (Å²) in [5.41, 5.74) is 6.57. The number of ether oxygens (including phenoxy) is 1. The minimum absolute atomic E-state index is 0.343. The van der Waals surface area contributed by atoms with E-state index in [1.54, 1.807) is 24.3 Å². The van der Waals surface area contributed by atoms with Crippen molar-refractivity contribution in [1.82, 2.24) is 0 Å². The molecule has 0 spiro atoms. The summed E-state index contributed by atoms with van der Waals surface area (Å²) >= 11 is 0. The Hall–Kier alpha value is -1.64. The number of anilines is 1. The fourth-order valence-corrected chi connectivity index (χ4v) is 0.737. The third-order valence-electron chi connectivity index (χ3n) is 1.33. The van der Waals surface area contributed by atoms with Gasteiger partial charge < -0.3 is 10.5 Å². The van der Waals surface area contributed by atoms with Crippen LogP contribution in [0.25, 0.3) is 0 Å². The highest BCUT2D eigenvalue weighted by molar-refractivity contribution is 7.86. The van der Waals surface area contributed by atoms with Gasteiger partial charge in [0.1, 0.15) is 0 Å². The van der Waals surface area contributed by atoms with E-state index in [2.05, 4.69) is 15.0 Å². The molecule has 7 nitrogen and oxygen atoms in total. The summed E-state index contributed by atoms with van der Waals surface area (Å²) in [5, 5.41) is 8.21. The first-order valence-electron chi connectivity index (χ1n) is 3.98. The maximum absolute atomic E-state index is 10.9. The van der Waals surface area contributed by atoms with E-state index in [1.807, 2.05) is 0 Å². The van der Waals surface area contributed by atoms with Gasteiger partial charge in [-0.3, -0.25) is 0 Å². The second-order valence-corrected chi connectivity index (χ2v) is 3.88. The molecule has 8 heteroatoms. The Bertz CT molecular complexity index is 433. The van der Waals surface area contributed by atoms with Crippen molar-refractivity contribution in [3.05, 3.63) is 29.8 Å². The molecule has 16 heavy (non-hydrogen) atoms. The second-order valence-electron chi connectivity index (χ2n) is 2.70. The van der Waals surface area contributed by atoms with Gasteiger partial charge in [-0.2, -0.15) is 8.42 Å². The van der Waals surface area contributed by atoms with Crippen LogP contribution >= 0.6 is 0 Å². The smallest absolute Gasteiger partial charge is 0.337 e. The Morgan fingerprint density at radius 1 is 1.19 bits per heavy atom. The van der Waals surface area contributed by atoms with Gasteiger partial charge in [0.15, 0.2) is 0 Å². The molecule has 0 amide bonds. The molecule has 0 radical (unpaired) electrons. The molecule has 0 aliphatic carbocycles. The Morgan fingerprint density at radius 2 is 1.56 bits per heavy atom. The van der Waals surface area contributed by atoms with E-state index in [4.69, 9.17) is 5.73 Å². The van der Waals surface area contributed by atoms with Crippen LogP contribution < -0.4 is 16.0 Å². The number of methoxy groups -OCH3 is 1. The van der Waals surface area contributed by atoms with Crippen LogP contribution in [0.2, 0.25) is 0 Å². The van der Waals surface area contributed by atoms with Crippen molar-refractivity contribution in [2.75, 3.05) is 12.8 Å².